The van der Waals surface area contributed by atoms with Gasteiger partial charge in [-0.15, -0.1) is 0 Å². The number of carbonyl (C=O) groups excluding carboxylic acids is 1. The van der Waals surface area contributed by atoms with Crippen LogP contribution in [0.3, 0.4) is 0 Å². The lowest BCUT2D eigenvalue weighted by molar-refractivity contribution is -0.123. The molecule has 0 saturated heterocycles. The number of amides is 1. The standard InChI is InChI=1S/C22H30N2O3S/c1-6-20(19-14-13-16(3)15-17(19)4)23-22(25)21(7-2)24(28(5,26)27)18-11-9-8-10-12-18/h8-15,20-21H,6-7H2,1-5H3,(H,23,25). The molecule has 0 heterocycles. The fourth-order valence-corrected chi connectivity index (χ4v) is 4.73. The number of hydrogen-bond donors (Lipinski definition) is 1. The van der Waals surface area contributed by atoms with Gasteiger partial charge in [0.15, 0.2) is 0 Å². The largest absolute Gasteiger partial charge is 0.347 e. The molecular formula is C22H30N2O3S. The molecule has 0 aliphatic heterocycles. The van der Waals surface area contributed by atoms with Gasteiger partial charge in [-0.3, -0.25) is 9.10 Å². The van der Waals surface area contributed by atoms with Gasteiger partial charge >= 0.3 is 0 Å². The molecule has 2 aromatic rings. The summed E-state index contributed by atoms with van der Waals surface area (Å²) in [6.45, 7) is 7.90. The molecule has 2 atom stereocenters. The molecule has 28 heavy (non-hydrogen) atoms. The summed E-state index contributed by atoms with van der Waals surface area (Å²) < 4.78 is 26.2. The zero-order valence-corrected chi connectivity index (χ0v) is 18.1. The van der Waals surface area contributed by atoms with E-state index in [1.54, 1.807) is 24.3 Å². The highest BCUT2D eigenvalue weighted by Gasteiger charge is 2.32. The molecule has 0 spiro atoms. The van der Waals surface area contributed by atoms with Crippen LogP contribution in [0.15, 0.2) is 48.5 Å². The summed E-state index contributed by atoms with van der Waals surface area (Å²) in [6, 6.07) is 13.9. The molecule has 2 aromatic carbocycles. The lowest BCUT2D eigenvalue weighted by atomic mass is 9.97. The molecule has 2 unspecified atom stereocenters. The quantitative estimate of drug-likeness (QED) is 0.722. The topological polar surface area (TPSA) is 66.5 Å². The molecule has 0 saturated carbocycles. The van der Waals surface area contributed by atoms with Crippen molar-refractivity contribution in [1.82, 2.24) is 5.32 Å². The van der Waals surface area contributed by atoms with Crippen molar-refractivity contribution in [3.05, 3.63) is 65.2 Å². The molecule has 152 valence electrons. The van der Waals surface area contributed by atoms with Gasteiger partial charge < -0.3 is 5.32 Å². The molecule has 0 aliphatic carbocycles. The van der Waals surface area contributed by atoms with Crippen molar-refractivity contribution >= 4 is 21.6 Å². The fourth-order valence-electron chi connectivity index (χ4n) is 3.52. The van der Waals surface area contributed by atoms with Crippen molar-refractivity contribution < 1.29 is 13.2 Å². The summed E-state index contributed by atoms with van der Waals surface area (Å²) in [4.78, 5) is 13.1. The monoisotopic (exact) mass is 402 g/mol. The summed E-state index contributed by atoms with van der Waals surface area (Å²) in [5, 5.41) is 3.07. The van der Waals surface area contributed by atoms with Gasteiger partial charge in [-0.2, -0.15) is 0 Å². The average molecular weight is 403 g/mol. The lowest BCUT2D eigenvalue weighted by Gasteiger charge is -2.31. The number of anilines is 1. The Kier molecular flexibility index (Phi) is 7.24. The van der Waals surface area contributed by atoms with Crippen molar-refractivity contribution in [3.8, 4) is 0 Å². The number of nitrogens with zero attached hydrogens (tertiary/aromatic N) is 1. The molecule has 1 N–H and O–H groups in total. The number of nitrogens with one attached hydrogen (secondary N) is 1. The Morgan fingerprint density at radius 2 is 1.68 bits per heavy atom. The second kappa shape index (κ2) is 9.24. The van der Waals surface area contributed by atoms with E-state index >= 15 is 0 Å². The Labute approximate surface area is 168 Å². The van der Waals surface area contributed by atoms with Crippen LogP contribution in [-0.4, -0.2) is 26.6 Å². The van der Waals surface area contributed by atoms with E-state index in [2.05, 4.69) is 11.4 Å². The van der Waals surface area contributed by atoms with Crippen LogP contribution in [0, 0.1) is 13.8 Å². The Balaban J connectivity index is 2.34. The van der Waals surface area contributed by atoms with Crippen LogP contribution in [0.5, 0.6) is 0 Å². The normalized spacial score (nSPS) is 13.6. The zero-order chi connectivity index (χ0) is 20.9. The number of aryl methyl sites for hydroxylation is 2. The minimum atomic E-state index is -3.62. The summed E-state index contributed by atoms with van der Waals surface area (Å²) in [6.07, 6.45) is 2.23. The van der Waals surface area contributed by atoms with Gasteiger partial charge in [0.05, 0.1) is 18.0 Å². The second-order valence-corrected chi connectivity index (χ2v) is 9.01. The van der Waals surface area contributed by atoms with E-state index in [4.69, 9.17) is 0 Å². The molecule has 5 nitrogen and oxygen atoms in total. The number of benzene rings is 2. The molecule has 0 aliphatic rings. The number of sulfonamides is 1. The van der Waals surface area contributed by atoms with E-state index in [9.17, 15) is 13.2 Å². The lowest BCUT2D eigenvalue weighted by Crippen LogP contribution is -2.50. The maximum absolute atomic E-state index is 13.1. The first-order valence-corrected chi connectivity index (χ1v) is 11.5. The van der Waals surface area contributed by atoms with E-state index in [-0.39, 0.29) is 11.9 Å². The third kappa shape index (κ3) is 5.13. The summed E-state index contributed by atoms with van der Waals surface area (Å²) in [5.41, 5.74) is 3.83. The Bertz CT molecular complexity index is 911. The van der Waals surface area contributed by atoms with Gasteiger partial charge in [-0.05, 0) is 49.9 Å². The molecule has 1 amide bonds. The van der Waals surface area contributed by atoms with E-state index < -0.39 is 16.1 Å². The minimum Gasteiger partial charge on any atom is -0.347 e. The van der Waals surface area contributed by atoms with Crippen molar-refractivity contribution in [3.63, 3.8) is 0 Å². The number of para-hydroxylation sites is 1. The highest BCUT2D eigenvalue weighted by molar-refractivity contribution is 7.92. The van der Waals surface area contributed by atoms with Crippen LogP contribution >= 0.6 is 0 Å². The van der Waals surface area contributed by atoms with Crippen LogP contribution in [0.1, 0.15) is 49.4 Å². The smallest absolute Gasteiger partial charge is 0.244 e. The van der Waals surface area contributed by atoms with E-state index in [1.165, 1.54) is 9.87 Å². The fraction of sp³-hybridized carbons (Fsp3) is 0.409. The van der Waals surface area contributed by atoms with Crippen LogP contribution in [-0.2, 0) is 14.8 Å². The van der Waals surface area contributed by atoms with Crippen molar-refractivity contribution in [2.24, 2.45) is 0 Å². The van der Waals surface area contributed by atoms with Crippen LogP contribution < -0.4 is 9.62 Å². The van der Waals surface area contributed by atoms with Gasteiger partial charge in [0.2, 0.25) is 15.9 Å². The Morgan fingerprint density at radius 3 is 2.18 bits per heavy atom. The number of hydrogen-bond acceptors (Lipinski definition) is 3. The van der Waals surface area contributed by atoms with Crippen LogP contribution in [0.2, 0.25) is 0 Å². The maximum Gasteiger partial charge on any atom is 0.244 e. The van der Waals surface area contributed by atoms with Gasteiger partial charge in [0.1, 0.15) is 6.04 Å². The molecule has 2 rings (SSSR count). The van der Waals surface area contributed by atoms with Crippen LogP contribution in [0.25, 0.3) is 0 Å². The zero-order valence-electron chi connectivity index (χ0n) is 17.3. The first-order valence-electron chi connectivity index (χ1n) is 9.61. The summed E-state index contributed by atoms with van der Waals surface area (Å²) >= 11 is 0. The highest BCUT2D eigenvalue weighted by atomic mass is 32.2. The molecule has 0 radical (unpaired) electrons. The summed E-state index contributed by atoms with van der Waals surface area (Å²) in [5.74, 6) is -0.288. The van der Waals surface area contributed by atoms with E-state index in [0.717, 1.165) is 23.8 Å². The molecular weight excluding hydrogens is 372 g/mol. The van der Waals surface area contributed by atoms with E-state index in [1.807, 2.05) is 45.9 Å². The molecule has 6 heteroatoms. The van der Waals surface area contributed by atoms with Gasteiger partial charge in [-0.25, -0.2) is 8.42 Å². The SMILES string of the molecule is CCC(NC(=O)C(CC)N(c1ccccc1)S(C)(=O)=O)c1ccc(C)cc1C. The average Bonchev–Trinajstić information content (AvgIpc) is 2.64. The second-order valence-electron chi connectivity index (χ2n) is 7.15. The maximum atomic E-state index is 13.1. The van der Waals surface area contributed by atoms with Gasteiger partial charge in [0, 0.05) is 0 Å². The Hall–Kier alpha value is -2.34. The number of carbonyl (C=O) groups is 1. The summed E-state index contributed by atoms with van der Waals surface area (Å²) in [7, 11) is -3.62. The van der Waals surface area contributed by atoms with Gasteiger partial charge in [-0.1, -0.05) is 55.8 Å². The molecule has 0 aromatic heterocycles. The van der Waals surface area contributed by atoms with Crippen molar-refractivity contribution in [2.45, 2.75) is 52.6 Å². The highest BCUT2D eigenvalue weighted by Crippen LogP contribution is 2.25. The molecule has 0 fully saturated rings. The third-order valence-electron chi connectivity index (χ3n) is 4.87. The predicted molar refractivity (Wildman–Crippen MR) is 115 cm³/mol. The van der Waals surface area contributed by atoms with Gasteiger partial charge in [0.25, 0.3) is 0 Å². The molecule has 0 bridgehead atoms. The van der Waals surface area contributed by atoms with Crippen molar-refractivity contribution in [1.29, 1.82) is 0 Å². The minimum absolute atomic E-state index is 0.167. The Morgan fingerprint density at radius 1 is 1.04 bits per heavy atom. The first kappa shape index (κ1) is 22.0. The van der Waals surface area contributed by atoms with E-state index in [0.29, 0.717) is 12.1 Å². The third-order valence-corrected chi connectivity index (χ3v) is 6.05. The van der Waals surface area contributed by atoms with Crippen molar-refractivity contribution in [2.75, 3.05) is 10.6 Å². The first-order chi connectivity index (χ1) is 13.2. The predicted octanol–water partition coefficient (Wildman–Crippen LogP) is 4.12. The van der Waals surface area contributed by atoms with Crippen LogP contribution in [0.4, 0.5) is 5.69 Å². The number of rotatable bonds is 8.